The molecule has 2 aromatic rings. The summed E-state index contributed by atoms with van der Waals surface area (Å²) >= 11 is 0. The summed E-state index contributed by atoms with van der Waals surface area (Å²) in [6.07, 6.45) is -0.595. The SMILES string of the molecule is CC(C)[C@H](NC(=O)CNC(=O)[C@H](Cc1ccccc1)NC(=O)OC(C)(C)C)C(=O)NCC(=O)OCc1ccccc1. The lowest BCUT2D eigenvalue weighted by atomic mass is 10.0. The minimum absolute atomic E-state index is 0.0770. The fraction of sp³-hybridized carbons (Fsp3) is 0.433. The van der Waals surface area contributed by atoms with E-state index in [1.165, 1.54) is 0 Å². The molecule has 0 aliphatic carbocycles. The topological polar surface area (TPSA) is 152 Å². The first kappa shape index (κ1) is 32.8. The Labute approximate surface area is 240 Å². The maximum atomic E-state index is 13.0. The molecule has 0 aliphatic rings. The molecule has 41 heavy (non-hydrogen) atoms. The molecule has 0 fully saturated rings. The number of amides is 4. The molecular formula is C30H40N4O7. The van der Waals surface area contributed by atoms with Crippen LogP contribution in [0, 0.1) is 5.92 Å². The van der Waals surface area contributed by atoms with Crippen molar-refractivity contribution < 1.29 is 33.4 Å². The Morgan fingerprint density at radius 2 is 1.32 bits per heavy atom. The molecule has 2 rings (SSSR count). The van der Waals surface area contributed by atoms with Crippen LogP contribution >= 0.6 is 0 Å². The zero-order valence-corrected chi connectivity index (χ0v) is 24.2. The third-order valence-corrected chi connectivity index (χ3v) is 5.63. The summed E-state index contributed by atoms with van der Waals surface area (Å²) in [7, 11) is 0. The molecule has 0 bridgehead atoms. The van der Waals surface area contributed by atoms with Crippen molar-refractivity contribution in [3.8, 4) is 0 Å². The van der Waals surface area contributed by atoms with Gasteiger partial charge in [-0.15, -0.1) is 0 Å². The summed E-state index contributed by atoms with van der Waals surface area (Å²) in [5.74, 6) is -2.71. The maximum Gasteiger partial charge on any atom is 0.408 e. The molecule has 0 unspecified atom stereocenters. The van der Waals surface area contributed by atoms with E-state index in [9.17, 15) is 24.0 Å². The number of esters is 1. The zero-order chi connectivity index (χ0) is 30.4. The van der Waals surface area contributed by atoms with Gasteiger partial charge < -0.3 is 30.7 Å². The number of rotatable bonds is 13. The van der Waals surface area contributed by atoms with E-state index in [1.54, 1.807) is 34.6 Å². The molecule has 0 radical (unpaired) electrons. The van der Waals surface area contributed by atoms with E-state index in [0.717, 1.165) is 11.1 Å². The Morgan fingerprint density at radius 1 is 0.756 bits per heavy atom. The van der Waals surface area contributed by atoms with Gasteiger partial charge in [0, 0.05) is 6.42 Å². The fourth-order valence-electron chi connectivity index (χ4n) is 3.62. The number of benzene rings is 2. The smallest absolute Gasteiger partial charge is 0.408 e. The van der Waals surface area contributed by atoms with Crippen LogP contribution in [-0.4, -0.2) is 60.6 Å². The molecule has 0 heterocycles. The second-order valence-electron chi connectivity index (χ2n) is 10.8. The van der Waals surface area contributed by atoms with Gasteiger partial charge in [-0.3, -0.25) is 19.2 Å². The van der Waals surface area contributed by atoms with Crippen LogP contribution in [0.2, 0.25) is 0 Å². The monoisotopic (exact) mass is 568 g/mol. The first-order valence-electron chi connectivity index (χ1n) is 13.4. The largest absolute Gasteiger partial charge is 0.460 e. The lowest BCUT2D eigenvalue weighted by Crippen LogP contribution is -2.54. The molecule has 11 heteroatoms. The van der Waals surface area contributed by atoms with E-state index in [1.807, 2.05) is 60.7 Å². The van der Waals surface area contributed by atoms with Crippen molar-refractivity contribution in [1.29, 1.82) is 0 Å². The average Bonchev–Trinajstić information content (AvgIpc) is 2.91. The highest BCUT2D eigenvalue weighted by molar-refractivity contribution is 5.93. The summed E-state index contributed by atoms with van der Waals surface area (Å²) in [6, 6.07) is 16.2. The standard InChI is InChI=1S/C30H40N4O7/c1-20(2)26(28(38)32-18-25(36)40-19-22-14-10-7-11-15-22)34-24(35)17-31-27(37)23(16-21-12-8-6-9-13-21)33-29(39)41-30(3,4)5/h6-15,20,23,26H,16-19H2,1-5H3,(H,31,37)(H,32,38)(H,33,39)(H,34,35)/t23-,26-/m0/s1. The summed E-state index contributed by atoms with van der Waals surface area (Å²) in [5.41, 5.74) is 0.851. The Bertz CT molecular complexity index is 1160. The molecule has 0 spiro atoms. The van der Waals surface area contributed by atoms with Gasteiger partial charge in [-0.05, 0) is 37.8 Å². The Balaban J connectivity index is 1.89. The van der Waals surface area contributed by atoms with Gasteiger partial charge in [-0.25, -0.2) is 4.79 Å². The quantitative estimate of drug-likeness (QED) is 0.271. The lowest BCUT2D eigenvalue weighted by molar-refractivity contribution is -0.145. The van der Waals surface area contributed by atoms with Gasteiger partial charge >= 0.3 is 12.1 Å². The number of carbonyl (C=O) groups is 5. The average molecular weight is 569 g/mol. The normalized spacial score (nSPS) is 12.4. The molecule has 2 aromatic carbocycles. The van der Waals surface area contributed by atoms with Crippen molar-refractivity contribution in [2.45, 2.75) is 65.3 Å². The number of carbonyl (C=O) groups excluding carboxylic acids is 5. The third-order valence-electron chi connectivity index (χ3n) is 5.63. The highest BCUT2D eigenvalue weighted by atomic mass is 16.6. The Kier molecular flexibility index (Phi) is 12.8. The van der Waals surface area contributed by atoms with Crippen molar-refractivity contribution >= 4 is 29.8 Å². The fourth-order valence-corrected chi connectivity index (χ4v) is 3.62. The van der Waals surface area contributed by atoms with Crippen molar-refractivity contribution in [3.63, 3.8) is 0 Å². The number of hydrogen-bond donors (Lipinski definition) is 4. The number of ether oxygens (including phenoxy) is 2. The molecule has 0 saturated heterocycles. The predicted octanol–water partition coefficient (Wildman–Crippen LogP) is 2.24. The minimum Gasteiger partial charge on any atom is -0.460 e. The van der Waals surface area contributed by atoms with E-state index >= 15 is 0 Å². The second-order valence-corrected chi connectivity index (χ2v) is 10.8. The van der Waals surface area contributed by atoms with Gasteiger partial charge in [0.2, 0.25) is 17.7 Å². The highest BCUT2D eigenvalue weighted by Gasteiger charge is 2.27. The van der Waals surface area contributed by atoms with Crippen LogP contribution in [0.1, 0.15) is 45.7 Å². The summed E-state index contributed by atoms with van der Waals surface area (Å²) in [5, 5.41) is 10.1. The maximum absolute atomic E-state index is 13.0. The first-order chi connectivity index (χ1) is 19.3. The van der Waals surface area contributed by atoms with Crippen LogP contribution in [0.3, 0.4) is 0 Å². The van der Waals surface area contributed by atoms with Gasteiger partial charge in [-0.1, -0.05) is 74.5 Å². The summed E-state index contributed by atoms with van der Waals surface area (Å²) < 4.78 is 10.4. The third kappa shape index (κ3) is 13.0. The number of hydrogen-bond acceptors (Lipinski definition) is 7. The second kappa shape index (κ2) is 16.0. The van der Waals surface area contributed by atoms with E-state index in [0.29, 0.717) is 0 Å². The molecular weight excluding hydrogens is 528 g/mol. The molecule has 0 aromatic heterocycles. The lowest BCUT2D eigenvalue weighted by Gasteiger charge is -2.24. The van der Waals surface area contributed by atoms with Crippen LogP contribution in [0.25, 0.3) is 0 Å². The summed E-state index contributed by atoms with van der Waals surface area (Å²) in [4.78, 5) is 62.7. The van der Waals surface area contributed by atoms with Gasteiger partial charge in [0.05, 0.1) is 6.54 Å². The van der Waals surface area contributed by atoms with Gasteiger partial charge in [0.15, 0.2) is 0 Å². The predicted molar refractivity (Wildman–Crippen MR) is 152 cm³/mol. The zero-order valence-electron chi connectivity index (χ0n) is 24.2. The highest BCUT2D eigenvalue weighted by Crippen LogP contribution is 2.09. The van der Waals surface area contributed by atoms with Crippen molar-refractivity contribution in [3.05, 3.63) is 71.8 Å². The number of alkyl carbamates (subject to hydrolysis) is 1. The molecule has 222 valence electrons. The Hall–Kier alpha value is -4.41. The van der Waals surface area contributed by atoms with Crippen LogP contribution in [0.4, 0.5) is 4.79 Å². The van der Waals surface area contributed by atoms with Gasteiger partial charge in [0.25, 0.3) is 0 Å². The van der Waals surface area contributed by atoms with E-state index in [4.69, 9.17) is 9.47 Å². The minimum atomic E-state index is -1.01. The van der Waals surface area contributed by atoms with E-state index in [2.05, 4.69) is 21.3 Å². The van der Waals surface area contributed by atoms with Gasteiger partial charge in [0.1, 0.15) is 30.8 Å². The molecule has 0 aliphatic heterocycles. The Morgan fingerprint density at radius 3 is 1.88 bits per heavy atom. The van der Waals surface area contributed by atoms with Gasteiger partial charge in [-0.2, -0.15) is 0 Å². The molecule has 0 saturated carbocycles. The van der Waals surface area contributed by atoms with Crippen LogP contribution < -0.4 is 21.3 Å². The molecule has 11 nitrogen and oxygen atoms in total. The van der Waals surface area contributed by atoms with Crippen molar-refractivity contribution in [1.82, 2.24) is 21.3 Å². The van der Waals surface area contributed by atoms with Crippen LogP contribution in [0.5, 0.6) is 0 Å². The van der Waals surface area contributed by atoms with E-state index in [-0.39, 0.29) is 25.5 Å². The van der Waals surface area contributed by atoms with E-state index < -0.39 is 54.0 Å². The van der Waals surface area contributed by atoms with Crippen LogP contribution in [-0.2, 0) is 41.7 Å². The van der Waals surface area contributed by atoms with Crippen molar-refractivity contribution in [2.75, 3.05) is 13.1 Å². The number of nitrogens with one attached hydrogen (secondary N) is 4. The van der Waals surface area contributed by atoms with Crippen LogP contribution in [0.15, 0.2) is 60.7 Å². The molecule has 4 N–H and O–H groups in total. The summed E-state index contributed by atoms with van der Waals surface area (Å²) in [6.45, 7) is 7.87. The molecule has 2 atom stereocenters. The molecule has 4 amide bonds. The van der Waals surface area contributed by atoms with Crippen molar-refractivity contribution in [2.24, 2.45) is 5.92 Å². The first-order valence-corrected chi connectivity index (χ1v) is 13.4.